The number of rotatable bonds is 3. The van der Waals surface area contributed by atoms with Crippen molar-refractivity contribution in [1.29, 1.82) is 0 Å². The highest BCUT2D eigenvalue weighted by molar-refractivity contribution is 5.90. The molecule has 1 aromatic heterocycles. The molecule has 2 heterocycles. The molecular formula is C15H21N5. The molecule has 0 unspecified atom stereocenters. The standard InChI is InChI=1S/C15H21N5/c1-16-15-18-13-6-4-3-5-12(13)14(19-15)17-11-7-9-20(2)10-8-11/h3-6,11H,7-10H2,1-2H3,(H2,16,17,18,19). The number of anilines is 2. The second kappa shape index (κ2) is 5.63. The molecule has 0 bridgehead atoms. The van der Waals surface area contributed by atoms with Crippen LogP contribution in [0.25, 0.3) is 10.9 Å². The van der Waals surface area contributed by atoms with Crippen LogP contribution in [0.3, 0.4) is 0 Å². The van der Waals surface area contributed by atoms with Crippen molar-refractivity contribution in [2.24, 2.45) is 0 Å². The number of hydrogen-bond acceptors (Lipinski definition) is 5. The first kappa shape index (κ1) is 13.1. The zero-order chi connectivity index (χ0) is 13.9. The Kier molecular flexibility index (Phi) is 3.69. The fourth-order valence-electron chi connectivity index (χ4n) is 2.64. The third-order valence-corrected chi connectivity index (χ3v) is 3.89. The van der Waals surface area contributed by atoms with Crippen molar-refractivity contribution in [2.75, 3.05) is 37.8 Å². The maximum Gasteiger partial charge on any atom is 0.224 e. The Hall–Kier alpha value is -1.88. The van der Waals surface area contributed by atoms with Crippen molar-refractivity contribution >= 4 is 22.7 Å². The highest BCUT2D eigenvalue weighted by Gasteiger charge is 2.18. The van der Waals surface area contributed by atoms with E-state index in [9.17, 15) is 0 Å². The first-order valence-electron chi connectivity index (χ1n) is 7.16. The summed E-state index contributed by atoms with van der Waals surface area (Å²) in [5.74, 6) is 1.61. The van der Waals surface area contributed by atoms with E-state index in [0.717, 1.165) is 42.7 Å². The van der Waals surface area contributed by atoms with Crippen molar-refractivity contribution in [1.82, 2.24) is 14.9 Å². The average Bonchev–Trinajstić information content (AvgIpc) is 2.49. The number of likely N-dealkylation sites (tertiary alicyclic amines) is 1. The van der Waals surface area contributed by atoms with Gasteiger partial charge in [0.25, 0.3) is 0 Å². The Labute approximate surface area is 119 Å². The minimum Gasteiger partial charge on any atom is -0.367 e. The van der Waals surface area contributed by atoms with E-state index < -0.39 is 0 Å². The van der Waals surface area contributed by atoms with E-state index in [-0.39, 0.29) is 0 Å². The van der Waals surface area contributed by atoms with Gasteiger partial charge in [-0.25, -0.2) is 4.98 Å². The zero-order valence-corrected chi connectivity index (χ0v) is 12.1. The van der Waals surface area contributed by atoms with Crippen LogP contribution in [0.2, 0.25) is 0 Å². The van der Waals surface area contributed by atoms with Crippen LogP contribution in [0.4, 0.5) is 11.8 Å². The molecule has 1 aromatic carbocycles. The van der Waals surface area contributed by atoms with E-state index in [4.69, 9.17) is 0 Å². The molecular weight excluding hydrogens is 250 g/mol. The smallest absolute Gasteiger partial charge is 0.224 e. The van der Waals surface area contributed by atoms with Crippen LogP contribution >= 0.6 is 0 Å². The first-order chi connectivity index (χ1) is 9.76. The topological polar surface area (TPSA) is 53.1 Å². The van der Waals surface area contributed by atoms with Crippen LogP contribution in [0.15, 0.2) is 24.3 Å². The molecule has 0 atom stereocenters. The molecule has 0 aliphatic carbocycles. The van der Waals surface area contributed by atoms with E-state index in [1.54, 1.807) is 0 Å². The van der Waals surface area contributed by atoms with Gasteiger partial charge in [-0.1, -0.05) is 12.1 Å². The molecule has 2 N–H and O–H groups in total. The van der Waals surface area contributed by atoms with Crippen molar-refractivity contribution < 1.29 is 0 Å². The second-order valence-corrected chi connectivity index (χ2v) is 5.38. The van der Waals surface area contributed by atoms with Gasteiger partial charge >= 0.3 is 0 Å². The summed E-state index contributed by atoms with van der Waals surface area (Å²) < 4.78 is 0. The van der Waals surface area contributed by atoms with Crippen molar-refractivity contribution in [3.05, 3.63) is 24.3 Å². The number of fused-ring (bicyclic) bond motifs is 1. The molecule has 0 radical (unpaired) electrons. The summed E-state index contributed by atoms with van der Waals surface area (Å²) in [7, 11) is 4.03. The highest BCUT2D eigenvalue weighted by Crippen LogP contribution is 2.24. The van der Waals surface area contributed by atoms with Crippen LogP contribution in [-0.4, -0.2) is 48.1 Å². The highest BCUT2D eigenvalue weighted by atomic mass is 15.2. The predicted molar refractivity (Wildman–Crippen MR) is 83.2 cm³/mol. The SMILES string of the molecule is CNc1nc(NC2CCN(C)CC2)c2ccccc2n1. The average molecular weight is 271 g/mol. The zero-order valence-electron chi connectivity index (χ0n) is 12.1. The van der Waals surface area contributed by atoms with Gasteiger partial charge < -0.3 is 15.5 Å². The molecule has 5 nitrogen and oxygen atoms in total. The summed E-state index contributed by atoms with van der Waals surface area (Å²) in [5.41, 5.74) is 0.974. The second-order valence-electron chi connectivity index (χ2n) is 5.38. The van der Waals surface area contributed by atoms with Crippen molar-refractivity contribution in [2.45, 2.75) is 18.9 Å². The monoisotopic (exact) mass is 271 g/mol. The summed E-state index contributed by atoms with van der Waals surface area (Å²) in [6.07, 6.45) is 2.31. The van der Waals surface area contributed by atoms with Crippen LogP contribution in [0.1, 0.15) is 12.8 Å². The molecule has 5 heteroatoms. The summed E-state index contributed by atoms with van der Waals surface area (Å²) in [6, 6.07) is 8.64. The lowest BCUT2D eigenvalue weighted by Crippen LogP contribution is -2.37. The molecule has 1 saturated heterocycles. The molecule has 1 fully saturated rings. The summed E-state index contributed by atoms with van der Waals surface area (Å²) >= 11 is 0. The van der Waals surface area contributed by atoms with Crippen molar-refractivity contribution in [3.63, 3.8) is 0 Å². The van der Waals surface area contributed by atoms with E-state index in [1.165, 1.54) is 0 Å². The van der Waals surface area contributed by atoms with Gasteiger partial charge in [0.05, 0.1) is 5.52 Å². The molecule has 20 heavy (non-hydrogen) atoms. The summed E-state index contributed by atoms with van der Waals surface area (Å²) in [4.78, 5) is 11.4. The molecule has 2 aromatic rings. The van der Waals surface area contributed by atoms with E-state index in [0.29, 0.717) is 12.0 Å². The predicted octanol–water partition coefficient (Wildman–Crippen LogP) is 2.18. The normalized spacial score (nSPS) is 17.3. The van der Waals surface area contributed by atoms with Gasteiger partial charge in [0.15, 0.2) is 0 Å². The third-order valence-electron chi connectivity index (χ3n) is 3.89. The van der Waals surface area contributed by atoms with Crippen LogP contribution in [0, 0.1) is 0 Å². The van der Waals surface area contributed by atoms with Gasteiger partial charge in [-0.15, -0.1) is 0 Å². The van der Waals surface area contributed by atoms with Gasteiger partial charge in [0.1, 0.15) is 5.82 Å². The van der Waals surface area contributed by atoms with Crippen LogP contribution < -0.4 is 10.6 Å². The number of para-hydroxylation sites is 1. The molecule has 106 valence electrons. The van der Waals surface area contributed by atoms with E-state index in [1.807, 2.05) is 25.2 Å². The molecule has 0 spiro atoms. The van der Waals surface area contributed by atoms with E-state index in [2.05, 4.69) is 38.6 Å². The van der Waals surface area contributed by atoms with Gasteiger partial charge in [-0.05, 0) is 45.1 Å². The minimum absolute atomic E-state index is 0.495. The van der Waals surface area contributed by atoms with Gasteiger partial charge in [0.2, 0.25) is 5.95 Å². The minimum atomic E-state index is 0.495. The van der Waals surface area contributed by atoms with Crippen LogP contribution in [0.5, 0.6) is 0 Å². The Balaban J connectivity index is 1.89. The fourth-order valence-corrected chi connectivity index (χ4v) is 2.64. The Morgan fingerprint density at radius 2 is 1.90 bits per heavy atom. The third kappa shape index (κ3) is 2.67. The molecule has 0 saturated carbocycles. The number of aromatic nitrogens is 2. The number of piperidine rings is 1. The maximum absolute atomic E-state index is 4.59. The Morgan fingerprint density at radius 3 is 2.65 bits per heavy atom. The number of hydrogen-bond donors (Lipinski definition) is 2. The van der Waals surface area contributed by atoms with Gasteiger partial charge in [0, 0.05) is 18.5 Å². The maximum atomic E-state index is 4.59. The Morgan fingerprint density at radius 1 is 1.15 bits per heavy atom. The lowest BCUT2D eigenvalue weighted by Gasteiger charge is -2.30. The quantitative estimate of drug-likeness (QED) is 0.896. The Bertz CT molecular complexity index is 590. The van der Waals surface area contributed by atoms with Gasteiger partial charge in [-0.2, -0.15) is 4.98 Å². The van der Waals surface area contributed by atoms with Gasteiger partial charge in [-0.3, -0.25) is 0 Å². The lowest BCUT2D eigenvalue weighted by molar-refractivity contribution is 0.264. The number of nitrogens with zero attached hydrogens (tertiary/aromatic N) is 3. The van der Waals surface area contributed by atoms with E-state index >= 15 is 0 Å². The number of benzene rings is 1. The molecule has 1 aliphatic rings. The molecule has 3 rings (SSSR count). The fraction of sp³-hybridized carbons (Fsp3) is 0.467. The van der Waals surface area contributed by atoms with Crippen molar-refractivity contribution in [3.8, 4) is 0 Å². The molecule has 0 amide bonds. The summed E-state index contributed by atoms with van der Waals surface area (Å²) in [5, 5.41) is 7.72. The first-order valence-corrected chi connectivity index (χ1v) is 7.16. The lowest BCUT2D eigenvalue weighted by atomic mass is 10.1. The largest absolute Gasteiger partial charge is 0.367 e. The summed E-state index contributed by atoms with van der Waals surface area (Å²) in [6.45, 7) is 2.28. The number of nitrogens with one attached hydrogen (secondary N) is 2. The van der Waals surface area contributed by atoms with Crippen LogP contribution in [-0.2, 0) is 0 Å². The molecule has 1 aliphatic heterocycles.